The number of hydrogen-bond acceptors (Lipinski definition) is 4. The van der Waals surface area contributed by atoms with Crippen LogP contribution in [0.1, 0.15) is 35.7 Å². The first-order chi connectivity index (χ1) is 9.38. The van der Waals surface area contributed by atoms with Gasteiger partial charge in [-0.2, -0.15) is 0 Å². The third-order valence-corrected chi connectivity index (χ3v) is 4.25. The molecule has 7 heteroatoms. The van der Waals surface area contributed by atoms with E-state index in [1.165, 1.54) is 18.2 Å². The third kappa shape index (κ3) is 5.28. The second-order valence-corrected chi connectivity index (χ2v) is 6.25. The number of rotatable bonds is 8. The Labute approximate surface area is 118 Å². The predicted octanol–water partition coefficient (Wildman–Crippen LogP) is 0.965. The molecule has 0 saturated carbocycles. The van der Waals surface area contributed by atoms with E-state index in [0.29, 0.717) is 18.4 Å². The van der Waals surface area contributed by atoms with Gasteiger partial charge in [-0.15, -0.1) is 0 Å². The highest BCUT2D eigenvalue weighted by Crippen LogP contribution is 2.10. The molecule has 0 aliphatic carbocycles. The van der Waals surface area contributed by atoms with Crippen molar-refractivity contribution in [3.63, 3.8) is 0 Å². The Balaban J connectivity index is 2.80. The molecule has 0 radical (unpaired) electrons. The van der Waals surface area contributed by atoms with Crippen LogP contribution in [0.25, 0.3) is 0 Å². The molecule has 112 valence electrons. The van der Waals surface area contributed by atoms with Crippen LogP contribution in [0, 0.1) is 0 Å². The molecule has 1 unspecified atom stereocenters. The van der Waals surface area contributed by atoms with E-state index in [4.69, 9.17) is 10.2 Å². The van der Waals surface area contributed by atoms with Crippen LogP contribution in [0.4, 0.5) is 0 Å². The van der Waals surface area contributed by atoms with Gasteiger partial charge in [0.05, 0.1) is 11.3 Å². The van der Waals surface area contributed by atoms with E-state index in [0.717, 1.165) is 0 Å². The van der Waals surface area contributed by atoms with Gasteiger partial charge in [0.2, 0.25) is 10.0 Å². The van der Waals surface area contributed by atoms with Gasteiger partial charge >= 0.3 is 5.97 Å². The van der Waals surface area contributed by atoms with E-state index in [2.05, 4.69) is 4.72 Å². The smallest absolute Gasteiger partial charge is 0.335 e. The molecule has 0 aliphatic heterocycles. The van der Waals surface area contributed by atoms with Crippen LogP contribution < -0.4 is 4.72 Å². The van der Waals surface area contributed by atoms with Crippen LogP contribution in [-0.4, -0.2) is 37.2 Å². The lowest BCUT2D eigenvalue weighted by atomic mass is 10.1. The minimum Gasteiger partial charge on any atom is -0.478 e. The summed E-state index contributed by atoms with van der Waals surface area (Å²) >= 11 is 0. The lowest BCUT2D eigenvalue weighted by Crippen LogP contribution is -2.35. The van der Waals surface area contributed by atoms with Gasteiger partial charge in [-0.1, -0.05) is 19.1 Å². The van der Waals surface area contributed by atoms with E-state index in [9.17, 15) is 13.2 Å². The van der Waals surface area contributed by atoms with E-state index in [1.807, 2.05) is 6.92 Å². The normalized spacial score (nSPS) is 13.1. The first-order valence-corrected chi connectivity index (χ1v) is 7.96. The van der Waals surface area contributed by atoms with Crippen LogP contribution in [0.5, 0.6) is 0 Å². The summed E-state index contributed by atoms with van der Waals surface area (Å²) in [6, 6.07) is 5.52. The van der Waals surface area contributed by atoms with Gasteiger partial charge in [0.15, 0.2) is 0 Å². The summed E-state index contributed by atoms with van der Waals surface area (Å²) in [5.41, 5.74) is 0.469. The zero-order chi connectivity index (χ0) is 15.2. The van der Waals surface area contributed by atoms with E-state index < -0.39 is 16.0 Å². The van der Waals surface area contributed by atoms with Crippen LogP contribution in [-0.2, 0) is 15.8 Å². The Morgan fingerprint density at radius 2 is 2.10 bits per heavy atom. The maximum atomic E-state index is 12.0. The lowest BCUT2D eigenvalue weighted by molar-refractivity contribution is 0.0696. The second kappa shape index (κ2) is 7.37. The molecule has 0 aromatic heterocycles. The fraction of sp³-hybridized carbons (Fsp3) is 0.462. The molecule has 1 rings (SSSR count). The number of nitrogens with one attached hydrogen (secondary N) is 1. The molecule has 0 bridgehead atoms. The molecular weight excluding hydrogens is 282 g/mol. The number of aliphatic hydroxyl groups excluding tert-OH is 1. The van der Waals surface area contributed by atoms with Gasteiger partial charge in [0.1, 0.15) is 0 Å². The summed E-state index contributed by atoms with van der Waals surface area (Å²) in [6.45, 7) is 1.74. The fourth-order valence-corrected chi connectivity index (χ4v) is 3.31. The Morgan fingerprint density at radius 1 is 1.40 bits per heavy atom. The summed E-state index contributed by atoms with van der Waals surface area (Å²) in [6.07, 6.45) is 0.930. The van der Waals surface area contributed by atoms with Gasteiger partial charge in [-0.05, 0) is 30.5 Å². The van der Waals surface area contributed by atoms with Gasteiger partial charge in [0.25, 0.3) is 0 Å². The Bertz CT molecular complexity index is 556. The molecule has 1 aromatic carbocycles. The zero-order valence-corrected chi connectivity index (χ0v) is 12.1. The summed E-state index contributed by atoms with van der Waals surface area (Å²) in [4.78, 5) is 10.8. The maximum absolute atomic E-state index is 12.0. The Kier molecular flexibility index (Phi) is 6.12. The summed E-state index contributed by atoms with van der Waals surface area (Å²) < 4.78 is 26.5. The highest BCUT2D eigenvalue weighted by atomic mass is 32.2. The van der Waals surface area contributed by atoms with Crippen LogP contribution >= 0.6 is 0 Å². The summed E-state index contributed by atoms with van der Waals surface area (Å²) in [5, 5.41) is 17.7. The SMILES string of the molecule is CCC(CCO)NS(=O)(=O)Cc1cccc(C(=O)O)c1. The average molecular weight is 301 g/mol. The van der Waals surface area contributed by atoms with Crippen LogP contribution in [0.3, 0.4) is 0 Å². The maximum Gasteiger partial charge on any atom is 0.335 e. The molecule has 1 aromatic rings. The van der Waals surface area contributed by atoms with Crippen molar-refractivity contribution >= 4 is 16.0 Å². The number of hydrogen-bond donors (Lipinski definition) is 3. The number of carboxylic acids is 1. The number of sulfonamides is 1. The number of carbonyl (C=O) groups is 1. The molecule has 0 spiro atoms. The van der Waals surface area contributed by atoms with E-state index in [1.54, 1.807) is 6.07 Å². The molecule has 0 fully saturated rings. The van der Waals surface area contributed by atoms with E-state index >= 15 is 0 Å². The summed E-state index contributed by atoms with van der Waals surface area (Å²) in [5.74, 6) is -1.38. The Hall–Kier alpha value is -1.44. The molecule has 3 N–H and O–H groups in total. The first-order valence-electron chi connectivity index (χ1n) is 6.31. The minimum absolute atomic E-state index is 0.0556. The average Bonchev–Trinajstić information content (AvgIpc) is 2.37. The van der Waals surface area contributed by atoms with Gasteiger partial charge in [-0.25, -0.2) is 17.9 Å². The molecular formula is C13H19NO5S. The van der Waals surface area contributed by atoms with Crippen molar-refractivity contribution in [1.29, 1.82) is 0 Å². The quantitative estimate of drug-likeness (QED) is 0.663. The highest BCUT2D eigenvalue weighted by Gasteiger charge is 2.17. The lowest BCUT2D eigenvalue weighted by Gasteiger charge is -2.16. The highest BCUT2D eigenvalue weighted by molar-refractivity contribution is 7.88. The minimum atomic E-state index is -3.56. The number of benzene rings is 1. The van der Waals surface area contributed by atoms with Crippen molar-refractivity contribution in [1.82, 2.24) is 4.72 Å². The number of aliphatic hydroxyl groups is 1. The van der Waals surface area contributed by atoms with Crippen molar-refractivity contribution < 1.29 is 23.4 Å². The first kappa shape index (κ1) is 16.6. The zero-order valence-electron chi connectivity index (χ0n) is 11.2. The van der Waals surface area contributed by atoms with Crippen molar-refractivity contribution in [3.8, 4) is 0 Å². The van der Waals surface area contributed by atoms with Gasteiger partial charge in [0, 0.05) is 12.6 Å². The molecule has 0 aliphatic rings. The standard InChI is InChI=1S/C13H19NO5S/c1-2-12(6-7-15)14-20(18,19)9-10-4-3-5-11(8-10)13(16)17/h3-5,8,12,14-15H,2,6-7,9H2,1H3,(H,16,17). The van der Waals surface area contributed by atoms with Crippen molar-refractivity contribution in [2.45, 2.75) is 31.6 Å². The van der Waals surface area contributed by atoms with Crippen molar-refractivity contribution in [2.24, 2.45) is 0 Å². The van der Waals surface area contributed by atoms with E-state index in [-0.39, 0.29) is 24.0 Å². The fourth-order valence-electron chi connectivity index (χ4n) is 1.81. The second-order valence-electron chi connectivity index (χ2n) is 4.50. The number of carboxylic acid groups (broad SMARTS) is 1. The largest absolute Gasteiger partial charge is 0.478 e. The Morgan fingerprint density at radius 3 is 2.65 bits per heavy atom. The molecule has 0 amide bonds. The molecule has 0 heterocycles. The number of aromatic carboxylic acids is 1. The third-order valence-electron chi connectivity index (χ3n) is 2.85. The molecule has 1 atom stereocenters. The monoisotopic (exact) mass is 301 g/mol. The predicted molar refractivity (Wildman–Crippen MR) is 74.9 cm³/mol. The van der Waals surface area contributed by atoms with Crippen LogP contribution in [0.15, 0.2) is 24.3 Å². The molecule has 6 nitrogen and oxygen atoms in total. The van der Waals surface area contributed by atoms with Crippen molar-refractivity contribution in [2.75, 3.05) is 6.61 Å². The molecule has 20 heavy (non-hydrogen) atoms. The van der Waals surface area contributed by atoms with Gasteiger partial charge in [-0.3, -0.25) is 0 Å². The van der Waals surface area contributed by atoms with Crippen LogP contribution in [0.2, 0.25) is 0 Å². The summed E-state index contributed by atoms with van der Waals surface area (Å²) in [7, 11) is -3.56. The van der Waals surface area contributed by atoms with Crippen molar-refractivity contribution in [3.05, 3.63) is 35.4 Å². The topological polar surface area (TPSA) is 104 Å². The van der Waals surface area contributed by atoms with Gasteiger partial charge < -0.3 is 10.2 Å². The molecule has 0 saturated heterocycles.